The zero-order chi connectivity index (χ0) is 21.6. The molecule has 0 aliphatic carbocycles. The SMILES string of the molecule is COc1ccc(N2C(=O)C(C)CS2(=O)=O)cc1S(=O)(=O)Nc1cc(C)ccc1C. The standard InChI is InChI=1S/C19H22N2O6S2/c1-12-5-6-13(2)16(9-12)20-29(25,26)18-10-15(7-8-17(18)27-4)21-19(22)14(3)11-28(21,23)24/h5-10,14,20H,11H2,1-4H3. The number of anilines is 2. The van der Waals surface area contributed by atoms with E-state index in [0.717, 1.165) is 17.2 Å². The maximum Gasteiger partial charge on any atom is 0.265 e. The van der Waals surface area contributed by atoms with E-state index in [1.54, 1.807) is 19.1 Å². The molecule has 8 nitrogen and oxygen atoms in total. The summed E-state index contributed by atoms with van der Waals surface area (Å²) < 4.78 is 59.3. The third-order valence-corrected chi connectivity index (χ3v) is 7.92. The van der Waals surface area contributed by atoms with Gasteiger partial charge in [0, 0.05) is 0 Å². The predicted octanol–water partition coefficient (Wildman–Crippen LogP) is 2.43. The van der Waals surface area contributed by atoms with Crippen LogP contribution in [0.2, 0.25) is 0 Å². The Hall–Kier alpha value is -2.59. The fraction of sp³-hybridized carbons (Fsp3) is 0.316. The molecule has 2 aromatic carbocycles. The van der Waals surface area contributed by atoms with E-state index in [-0.39, 0.29) is 22.1 Å². The first-order valence-electron chi connectivity index (χ1n) is 8.81. The number of carbonyl (C=O) groups is 1. The molecular formula is C19H22N2O6S2. The number of ether oxygens (including phenoxy) is 1. The highest BCUT2D eigenvalue weighted by Crippen LogP contribution is 2.35. The number of hydrogen-bond donors (Lipinski definition) is 1. The first-order valence-corrected chi connectivity index (χ1v) is 11.9. The van der Waals surface area contributed by atoms with Crippen molar-refractivity contribution in [3.05, 3.63) is 47.5 Å². The second kappa shape index (κ2) is 7.34. The fourth-order valence-corrected chi connectivity index (χ4v) is 6.26. The van der Waals surface area contributed by atoms with Gasteiger partial charge in [0.05, 0.1) is 30.2 Å². The van der Waals surface area contributed by atoms with Crippen molar-refractivity contribution in [3.63, 3.8) is 0 Å². The molecule has 0 saturated carbocycles. The van der Waals surface area contributed by atoms with Gasteiger partial charge in [0.1, 0.15) is 10.6 Å². The Morgan fingerprint density at radius 3 is 2.41 bits per heavy atom. The highest BCUT2D eigenvalue weighted by molar-refractivity contribution is 7.94. The molecule has 29 heavy (non-hydrogen) atoms. The minimum atomic E-state index is -4.12. The maximum absolute atomic E-state index is 13.1. The van der Waals surface area contributed by atoms with Gasteiger partial charge in [-0.05, 0) is 49.2 Å². The normalized spacial score (nSPS) is 18.7. The summed E-state index contributed by atoms with van der Waals surface area (Å²) in [6.07, 6.45) is 0. The zero-order valence-corrected chi connectivity index (χ0v) is 18.1. The van der Waals surface area contributed by atoms with Crippen LogP contribution in [0.3, 0.4) is 0 Å². The van der Waals surface area contributed by atoms with Crippen LogP contribution in [0.4, 0.5) is 11.4 Å². The van der Waals surface area contributed by atoms with Gasteiger partial charge in [0.15, 0.2) is 0 Å². The number of benzene rings is 2. The van der Waals surface area contributed by atoms with E-state index in [9.17, 15) is 21.6 Å². The van der Waals surface area contributed by atoms with Gasteiger partial charge in [-0.1, -0.05) is 19.1 Å². The molecular weight excluding hydrogens is 416 g/mol. The van der Waals surface area contributed by atoms with Crippen LogP contribution in [-0.4, -0.2) is 35.6 Å². The van der Waals surface area contributed by atoms with Crippen molar-refractivity contribution < 1.29 is 26.4 Å². The molecule has 1 atom stereocenters. The summed E-state index contributed by atoms with van der Waals surface area (Å²) in [5, 5.41) is 0. The van der Waals surface area contributed by atoms with Crippen LogP contribution in [0.25, 0.3) is 0 Å². The number of methoxy groups -OCH3 is 1. The molecule has 1 saturated heterocycles. The van der Waals surface area contributed by atoms with Gasteiger partial charge >= 0.3 is 0 Å². The number of aryl methyl sites for hydroxylation is 2. The molecule has 1 unspecified atom stereocenters. The summed E-state index contributed by atoms with van der Waals surface area (Å²) in [6, 6.07) is 9.16. The molecule has 0 radical (unpaired) electrons. The molecule has 1 aliphatic rings. The Bertz CT molecular complexity index is 1190. The minimum absolute atomic E-state index is 0.0312. The van der Waals surface area contributed by atoms with Crippen LogP contribution >= 0.6 is 0 Å². The summed E-state index contributed by atoms with van der Waals surface area (Å²) in [7, 11) is -6.68. The summed E-state index contributed by atoms with van der Waals surface area (Å²) >= 11 is 0. The summed E-state index contributed by atoms with van der Waals surface area (Å²) in [5.41, 5.74) is 1.95. The molecule has 156 valence electrons. The lowest BCUT2D eigenvalue weighted by Crippen LogP contribution is -2.30. The van der Waals surface area contributed by atoms with Crippen LogP contribution in [-0.2, 0) is 24.8 Å². The summed E-state index contributed by atoms with van der Waals surface area (Å²) in [6.45, 7) is 5.12. The van der Waals surface area contributed by atoms with E-state index in [1.165, 1.54) is 26.2 Å². The van der Waals surface area contributed by atoms with Gasteiger partial charge in [-0.3, -0.25) is 9.52 Å². The molecule has 0 spiro atoms. The average molecular weight is 439 g/mol. The van der Waals surface area contributed by atoms with Gasteiger partial charge in [-0.2, -0.15) is 0 Å². The number of rotatable bonds is 5. The lowest BCUT2D eigenvalue weighted by Gasteiger charge is -2.19. The van der Waals surface area contributed by atoms with Crippen LogP contribution in [0.1, 0.15) is 18.1 Å². The van der Waals surface area contributed by atoms with Crippen LogP contribution in [0.5, 0.6) is 5.75 Å². The van der Waals surface area contributed by atoms with Gasteiger partial charge in [-0.25, -0.2) is 21.1 Å². The third kappa shape index (κ3) is 3.95. The van der Waals surface area contributed by atoms with Crippen LogP contribution in [0.15, 0.2) is 41.3 Å². The Kier molecular flexibility index (Phi) is 5.35. The van der Waals surface area contributed by atoms with Crippen LogP contribution in [0, 0.1) is 19.8 Å². The van der Waals surface area contributed by atoms with Crippen molar-refractivity contribution >= 4 is 37.3 Å². The molecule has 3 rings (SSSR count). The topological polar surface area (TPSA) is 110 Å². The van der Waals surface area contributed by atoms with Crippen LogP contribution < -0.4 is 13.8 Å². The van der Waals surface area contributed by atoms with Crippen molar-refractivity contribution in [1.29, 1.82) is 0 Å². The molecule has 1 N–H and O–H groups in total. The monoisotopic (exact) mass is 438 g/mol. The van der Waals surface area contributed by atoms with E-state index in [4.69, 9.17) is 4.74 Å². The molecule has 0 bridgehead atoms. The van der Waals surface area contributed by atoms with Crippen molar-refractivity contribution in [3.8, 4) is 5.75 Å². The third-order valence-electron chi connectivity index (χ3n) is 4.67. The molecule has 0 aromatic heterocycles. The zero-order valence-electron chi connectivity index (χ0n) is 16.5. The second-order valence-corrected chi connectivity index (χ2v) is 10.6. The maximum atomic E-state index is 13.1. The largest absolute Gasteiger partial charge is 0.495 e. The van der Waals surface area contributed by atoms with E-state index in [1.807, 2.05) is 13.0 Å². The number of nitrogens with one attached hydrogen (secondary N) is 1. The average Bonchev–Trinajstić information content (AvgIpc) is 2.84. The number of sulfonamides is 2. The summed E-state index contributed by atoms with van der Waals surface area (Å²) in [5.74, 6) is -1.58. The second-order valence-electron chi connectivity index (χ2n) is 7.04. The van der Waals surface area contributed by atoms with Gasteiger partial charge in [0.2, 0.25) is 15.9 Å². The van der Waals surface area contributed by atoms with E-state index in [0.29, 0.717) is 9.99 Å². The van der Waals surface area contributed by atoms with Gasteiger partial charge < -0.3 is 4.74 Å². The molecule has 1 fully saturated rings. The van der Waals surface area contributed by atoms with E-state index in [2.05, 4.69) is 4.72 Å². The van der Waals surface area contributed by atoms with Crippen molar-refractivity contribution in [2.45, 2.75) is 25.7 Å². The summed E-state index contributed by atoms with van der Waals surface area (Å²) in [4.78, 5) is 12.1. The molecule has 1 aliphatic heterocycles. The first kappa shape index (κ1) is 21.1. The van der Waals surface area contributed by atoms with Crippen molar-refractivity contribution in [1.82, 2.24) is 0 Å². The Balaban J connectivity index is 2.10. The van der Waals surface area contributed by atoms with Gasteiger partial charge in [0.25, 0.3) is 10.0 Å². The smallest absolute Gasteiger partial charge is 0.265 e. The lowest BCUT2D eigenvalue weighted by molar-refractivity contribution is -0.119. The number of carbonyl (C=O) groups excluding carboxylic acids is 1. The molecule has 2 aromatic rings. The van der Waals surface area contributed by atoms with E-state index >= 15 is 0 Å². The quantitative estimate of drug-likeness (QED) is 0.768. The highest BCUT2D eigenvalue weighted by Gasteiger charge is 2.42. The number of hydrogen-bond acceptors (Lipinski definition) is 6. The Morgan fingerprint density at radius 2 is 1.83 bits per heavy atom. The van der Waals surface area contributed by atoms with Crippen molar-refractivity contribution in [2.75, 3.05) is 21.9 Å². The lowest BCUT2D eigenvalue weighted by atomic mass is 10.1. The predicted molar refractivity (Wildman–Crippen MR) is 110 cm³/mol. The molecule has 1 amide bonds. The van der Waals surface area contributed by atoms with Crippen molar-refractivity contribution in [2.24, 2.45) is 5.92 Å². The van der Waals surface area contributed by atoms with E-state index < -0.39 is 31.9 Å². The number of amides is 1. The number of nitrogens with zero attached hydrogens (tertiary/aromatic N) is 1. The minimum Gasteiger partial charge on any atom is -0.495 e. The first-order chi connectivity index (χ1) is 13.5. The fourth-order valence-electron chi connectivity index (χ4n) is 3.13. The van der Waals surface area contributed by atoms with Gasteiger partial charge in [-0.15, -0.1) is 0 Å². The highest BCUT2D eigenvalue weighted by atomic mass is 32.2. The molecule has 1 heterocycles. The Labute approximate surface area is 170 Å². The Morgan fingerprint density at radius 1 is 1.14 bits per heavy atom. The molecule has 10 heteroatoms.